The fourth-order valence-electron chi connectivity index (χ4n) is 2.08. The molecule has 0 radical (unpaired) electrons. The number of esters is 1. The Hall–Kier alpha value is -2.43. The molecule has 1 atom stereocenters. The molecular weight excluding hydrogens is 276 g/mol. The Morgan fingerprint density at radius 1 is 1.19 bits per heavy atom. The minimum absolute atomic E-state index is 0.145. The van der Waals surface area contributed by atoms with Gasteiger partial charge in [-0.15, -0.1) is 0 Å². The second-order valence-corrected chi connectivity index (χ2v) is 4.64. The van der Waals surface area contributed by atoms with Gasteiger partial charge in [0.05, 0.1) is 7.11 Å². The lowest BCUT2D eigenvalue weighted by atomic mass is 10.1. The highest BCUT2D eigenvalue weighted by molar-refractivity contribution is 5.81. The quantitative estimate of drug-likeness (QED) is 0.875. The van der Waals surface area contributed by atoms with Gasteiger partial charge in [0.2, 0.25) is 0 Å². The maximum absolute atomic E-state index is 13.9. The summed E-state index contributed by atoms with van der Waals surface area (Å²) in [5.41, 5.74) is 1.21. The third-order valence-electron chi connectivity index (χ3n) is 3.01. The normalized spacial score (nSPS) is 11.8. The Morgan fingerprint density at radius 3 is 2.52 bits per heavy atom. The number of carbonyl (C=O) groups excluding carboxylic acids is 1. The fourth-order valence-corrected chi connectivity index (χ4v) is 2.08. The standard InChI is InChI=1S/C16H15F2NO2/c1-10-7-11(17)9-12(8-10)19-15(16(20)21-2)13-5-3-4-6-14(13)18/h3-9,15,19H,1-2H3. The van der Waals surface area contributed by atoms with Gasteiger partial charge < -0.3 is 10.1 Å². The van der Waals surface area contributed by atoms with Gasteiger partial charge in [-0.1, -0.05) is 18.2 Å². The van der Waals surface area contributed by atoms with E-state index in [0.29, 0.717) is 11.3 Å². The molecule has 0 fully saturated rings. The van der Waals surface area contributed by atoms with Crippen molar-refractivity contribution in [1.29, 1.82) is 0 Å². The Labute approximate surface area is 121 Å². The largest absolute Gasteiger partial charge is 0.467 e. The van der Waals surface area contributed by atoms with Gasteiger partial charge in [0.15, 0.2) is 6.04 Å². The third kappa shape index (κ3) is 3.56. The van der Waals surface area contributed by atoms with E-state index in [0.717, 1.165) is 0 Å². The number of aryl methyl sites for hydroxylation is 1. The summed E-state index contributed by atoms with van der Waals surface area (Å²) in [5, 5.41) is 2.81. The second kappa shape index (κ2) is 6.35. The molecular formula is C16H15F2NO2. The van der Waals surface area contributed by atoms with Crippen LogP contribution in [-0.2, 0) is 9.53 Å². The van der Waals surface area contributed by atoms with Gasteiger partial charge in [-0.05, 0) is 36.8 Å². The van der Waals surface area contributed by atoms with Crippen molar-refractivity contribution >= 4 is 11.7 Å². The van der Waals surface area contributed by atoms with Gasteiger partial charge in [-0.3, -0.25) is 0 Å². The summed E-state index contributed by atoms with van der Waals surface area (Å²) in [7, 11) is 1.22. The monoisotopic (exact) mass is 291 g/mol. The van der Waals surface area contributed by atoms with Crippen LogP contribution < -0.4 is 5.32 Å². The van der Waals surface area contributed by atoms with Crippen LogP contribution in [0.4, 0.5) is 14.5 Å². The van der Waals surface area contributed by atoms with Crippen LogP contribution >= 0.6 is 0 Å². The van der Waals surface area contributed by atoms with Crippen LogP contribution in [0.15, 0.2) is 42.5 Å². The van der Waals surface area contributed by atoms with Crippen molar-refractivity contribution in [3.05, 3.63) is 65.2 Å². The lowest BCUT2D eigenvalue weighted by molar-refractivity contribution is -0.141. The first-order valence-corrected chi connectivity index (χ1v) is 6.37. The maximum atomic E-state index is 13.9. The first-order chi connectivity index (χ1) is 10.0. The van der Waals surface area contributed by atoms with E-state index >= 15 is 0 Å². The van der Waals surface area contributed by atoms with Crippen molar-refractivity contribution in [3.8, 4) is 0 Å². The SMILES string of the molecule is COC(=O)C(Nc1cc(C)cc(F)c1)c1ccccc1F. The molecule has 0 aliphatic rings. The van der Waals surface area contributed by atoms with Gasteiger partial charge in [-0.25, -0.2) is 13.6 Å². The van der Waals surface area contributed by atoms with Gasteiger partial charge in [0.1, 0.15) is 11.6 Å². The van der Waals surface area contributed by atoms with Gasteiger partial charge >= 0.3 is 5.97 Å². The van der Waals surface area contributed by atoms with E-state index in [4.69, 9.17) is 4.74 Å². The van der Waals surface area contributed by atoms with Crippen LogP contribution in [0.1, 0.15) is 17.2 Å². The molecule has 0 heterocycles. The topological polar surface area (TPSA) is 38.3 Å². The number of nitrogens with one attached hydrogen (secondary N) is 1. The van der Waals surface area contributed by atoms with Crippen LogP contribution in [0.25, 0.3) is 0 Å². The molecule has 21 heavy (non-hydrogen) atoms. The zero-order valence-electron chi connectivity index (χ0n) is 11.7. The minimum atomic E-state index is -1.04. The molecule has 2 rings (SSSR count). The first-order valence-electron chi connectivity index (χ1n) is 6.37. The molecule has 2 aromatic carbocycles. The smallest absolute Gasteiger partial charge is 0.333 e. The van der Waals surface area contributed by atoms with E-state index in [-0.39, 0.29) is 5.56 Å². The highest BCUT2D eigenvalue weighted by Crippen LogP contribution is 2.24. The number of benzene rings is 2. The number of hydrogen-bond donors (Lipinski definition) is 1. The molecule has 110 valence electrons. The molecule has 0 spiro atoms. The third-order valence-corrected chi connectivity index (χ3v) is 3.01. The first kappa shape index (κ1) is 15.0. The van der Waals surface area contributed by atoms with Crippen LogP contribution in [-0.4, -0.2) is 13.1 Å². The second-order valence-electron chi connectivity index (χ2n) is 4.64. The molecule has 0 aliphatic carbocycles. The molecule has 1 N–H and O–H groups in total. The van der Waals surface area contributed by atoms with Crippen LogP contribution in [0, 0.1) is 18.6 Å². The highest BCUT2D eigenvalue weighted by atomic mass is 19.1. The molecule has 0 aromatic heterocycles. The number of anilines is 1. The molecule has 5 heteroatoms. The number of hydrogen-bond acceptors (Lipinski definition) is 3. The molecule has 0 saturated carbocycles. The van der Waals surface area contributed by atoms with Crippen molar-refractivity contribution in [1.82, 2.24) is 0 Å². The van der Waals surface area contributed by atoms with Crippen molar-refractivity contribution in [2.45, 2.75) is 13.0 Å². The van der Waals surface area contributed by atoms with Crippen molar-refractivity contribution in [3.63, 3.8) is 0 Å². The number of methoxy groups -OCH3 is 1. The molecule has 0 saturated heterocycles. The zero-order chi connectivity index (χ0) is 15.4. The number of halogens is 2. The predicted octanol–water partition coefficient (Wildman–Crippen LogP) is 3.60. The lowest BCUT2D eigenvalue weighted by Crippen LogP contribution is -2.23. The maximum Gasteiger partial charge on any atom is 0.333 e. The van der Waals surface area contributed by atoms with E-state index in [1.165, 1.54) is 37.4 Å². The lowest BCUT2D eigenvalue weighted by Gasteiger charge is -2.19. The summed E-state index contributed by atoms with van der Waals surface area (Å²) in [6, 6.07) is 9.11. The summed E-state index contributed by atoms with van der Waals surface area (Å²) in [4.78, 5) is 11.9. The van der Waals surface area contributed by atoms with Crippen LogP contribution in [0.2, 0.25) is 0 Å². The van der Waals surface area contributed by atoms with Crippen molar-refractivity contribution in [2.24, 2.45) is 0 Å². The van der Waals surface area contributed by atoms with Crippen molar-refractivity contribution in [2.75, 3.05) is 12.4 Å². The molecule has 0 bridgehead atoms. The predicted molar refractivity (Wildman–Crippen MR) is 75.9 cm³/mol. The molecule has 2 aromatic rings. The Morgan fingerprint density at radius 2 is 1.90 bits per heavy atom. The van der Waals surface area contributed by atoms with E-state index in [1.54, 1.807) is 19.1 Å². The van der Waals surface area contributed by atoms with E-state index in [1.807, 2.05) is 0 Å². The molecule has 1 unspecified atom stereocenters. The minimum Gasteiger partial charge on any atom is -0.467 e. The fraction of sp³-hybridized carbons (Fsp3) is 0.188. The molecule has 0 aliphatic heterocycles. The molecule has 3 nitrogen and oxygen atoms in total. The Bertz CT molecular complexity index is 638. The van der Waals surface area contributed by atoms with Gasteiger partial charge in [0, 0.05) is 11.3 Å². The van der Waals surface area contributed by atoms with E-state index in [9.17, 15) is 13.6 Å². The number of ether oxygens (including phenoxy) is 1. The summed E-state index contributed by atoms with van der Waals surface area (Å²) in [5.74, 6) is -1.62. The average molecular weight is 291 g/mol. The van der Waals surface area contributed by atoms with E-state index < -0.39 is 23.6 Å². The van der Waals surface area contributed by atoms with E-state index in [2.05, 4.69) is 5.32 Å². The summed E-state index contributed by atoms with van der Waals surface area (Å²) in [6.07, 6.45) is 0. The summed E-state index contributed by atoms with van der Waals surface area (Å²) < 4.78 is 32.0. The van der Waals surface area contributed by atoms with Crippen LogP contribution in [0.3, 0.4) is 0 Å². The molecule has 0 amide bonds. The Balaban J connectivity index is 2.38. The summed E-state index contributed by atoms with van der Waals surface area (Å²) >= 11 is 0. The van der Waals surface area contributed by atoms with Crippen molar-refractivity contribution < 1.29 is 18.3 Å². The summed E-state index contributed by atoms with van der Waals surface area (Å²) in [6.45, 7) is 1.73. The Kier molecular flexibility index (Phi) is 4.52. The average Bonchev–Trinajstić information content (AvgIpc) is 2.44. The van der Waals surface area contributed by atoms with Crippen LogP contribution in [0.5, 0.6) is 0 Å². The van der Waals surface area contributed by atoms with Gasteiger partial charge in [-0.2, -0.15) is 0 Å². The number of carbonyl (C=O) groups is 1. The highest BCUT2D eigenvalue weighted by Gasteiger charge is 2.24. The zero-order valence-corrected chi connectivity index (χ0v) is 11.7. The van der Waals surface area contributed by atoms with Gasteiger partial charge in [0.25, 0.3) is 0 Å². The number of rotatable bonds is 4.